The maximum Gasteiger partial charge on any atom is 0.0795 e. The summed E-state index contributed by atoms with van der Waals surface area (Å²) in [5, 5.41) is 2.08. The molecule has 0 spiro atoms. The Hall–Kier alpha value is -0.910. The molecule has 0 aliphatic carbocycles. The lowest BCUT2D eigenvalue weighted by Gasteiger charge is -2.20. The van der Waals surface area contributed by atoms with Crippen molar-refractivity contribution in [2.75, 3.05) is 11.9 Å². The van der Waals surface area contributed by atoms with Crippen molar-refractivity contribution in [2.24, 2.45) is 5.73 Å². The number of nitrogens with zero attached hydrogens (tertiary/aromatic N) is 2. The van der Waals surface area contributed by atoms with E-state index in [1.807, 2.05) is 5.51 Å². The average molecular weight is 354 g/mol. The molecule has 1 atom stereocenters. The minimum Gasteiger partial charge on any atom is -0.368 e. The van der Waals surface area contributed by atoms with Crippen molar-refractivity contribution in [1.82, 2.24) is 4.98 Å². The lowest BCUT2D eigenvalue weighted by Crippen LogP contribution is -2.21. The van der Waals surface area contributed by atoms with E-state index in [1.165, 1.54) is 11.3 Å². The number of hydrogen-bond donors (Lipinski definition) is 1. The molecule has 0 saturated carbocycles. The van der Waals surface area contributed by atoms with Crippen LogP contribution in [0.25, 0.3) is 0 Å². The Balaban J connectivity index is 2.08. The van der Waals surface area contributed by atoms with Crippen LogP contribution >= 0.6 is 27.3 Å². The highest BCUT2D eigenvalue weighted by molar-refractivity contribution is 9.10. The van der Waals surface area contributed by atoms with Gasteiger partial charge >= 0.3 is 0 Å². The number of halogens is 1. The Morgan fingerprint density at radius 1 is 1.45 bits per heavy atom. The van der Waals surface area contributed by atoms with Gasteiger partial charge in [-0.1, -0.05) is 13.0 Å². The molecule has 0 radical (unpaired) electrons. The first kappa shape index (κ1) is 15.5. The van der Waals surface area contributed by atoms with Crippen LogP contribution in [0, 0.1) is 0 Å². The van der Waals surface area contributed by atoms with Crippen molar-refractivity contribution >= 4 is 33.0 Å². The molecule has 0 aliphatic heterocycles. The first-order valence-corrected chi connectivity index (χ1v) is 8.46. The second kappa shape index (κ2) is 7.20. The molecular weight excluding hydrogens is 334 g/mol. The van der Waals surface area contributed by atoms with Crippen molar-refractivity contribution in [2.45, 2.75) is 32.4 Å². The highest BCUT2D eigenvalue weighted by atomic mass is 79.9. The molecule has 1 aromatic carbocycles. The molecule has 2 aromatic rings. The van der Waals surface area contributed by atoms with Gasteiger partial charge in [0, 0.05) is 22.9 Å². The minimum atomic E-state index is 0.237. The molecular formula is C15H20BrN3S. The standard InChI is InChI=1S/C15H20BrN3S/c1-3-12(17)6-11-4-5-15(14(16)7-11)19(2)8-13-9-20-10-18-13/h4-5,7,9-10,12H,3,6,8,17H2,1-2H3. The smallest absolute Gasteiger partial charge is 0.0795 e. The van der Waals surface area contributed by atoms with Gasteiger partial charge in [0.2, 0.25) is 0 Å². The summed E-state index contributed by atoms with van der Waals surface area (Å²) >= 11 is 5.29. The lowest BCUT2D eigenvalue weighted by atomic mass is 10.0. The van der Waals surface area contributed by atoms with Gasteiger partial charge in [-0.05, 0) is 46.5 Å². The molecule has 0 amide bonds. The molecule has 2 rings (SSSR count). The van der Waals surface area contributed by atoms with E-state index in [0.717, 1.165) is 29.6 Å². The van der Waals surface area contributed by atoms with Crippen LogP contribution in [0.15, 0.2) is 33.6 Å². The molecule has 1 unspecified atom stereocenters. The summed E-state index contributed by atoms with van der Waals surface area (Å²) in [4.78, 5) is 6.52. The van der Waals surface area contributed by atoms with Gasteiger partial charge in [-0.3, -0.25) is 0 Å². The Morgan fingerprint density at radius 3 is 2.85 bits per heavy atom. The van der Waals surface area contributed by atoms with Crippen molar-refractivity contribution in [3.05, 3.63) is 44.8 Å². The fraction of sp³-hybridized carbons (Fsp3) is 0.400. The number of hydrogen-bond acceptors (Lipinski definition) is 4. The van der Waals surface area contributed by atoms with Crippen LogP contribution in [0.2, 0.25) is 0 Å². The topological polar surface area (TPSA) is 42.1 Å². The van der Waals surface area contributed by atoms with Crippen molar-refractivity contribution in [3.8, 4) is 0 Å². The number of aromatic nitrogens is 1. The van der Waals surface area contributed by atoms with Crippen molar-refractivity contribution in [1.29, 1.82) is 0 Å². The van der Waals surface area contributed by atoms with Crippen LogP contribution in [0.4, 0.5) is 5.69 Å². The van der Waals surface area contributed by atoms with Gasteiger partial charge in [0.05, 0.1) is 23.4 Å². The van der Waals surface area contributed by atoms with Gasteiger partial charge in [0.15, 0.2) is 0 Å². The zero-order valence-corrected chi connectivity index (χ0v) is 14.2. The average Bonchev–Trinajstić information content (AvgIpc) is 2.91. The third-order valence-electron chi connectivity index (χ3n) is 3.33. The summed E-state index contributed by atoms with van der Waals surface area (Å²) in [6, 6.07) is 6.71. The molecule has 0 aliphatic rings. The van der Waals surface area contributed by atoms with Gasteiger partial charge in [-0.15, -0.1) is 11.3 Å². The summed E-state index contributed by atoms with van der Waals surface area (Å²) < 4.78 is 1.11. The Morgan fingerprint density at radius 2 is 2.25 bits per heavy atom. The summed E-state index contributed by atoms with van der Waals surface area (Å²) in [7, 11) is 2.08. The predicted octanol–water partition coefficient (Wildman–Crippen LogP) is 3.82. The monoisotopic (exact) mass is 353 g/mol. The third kappa shape index (κ3) is 4.04. The molecule has 2 N–H and O–H groups in total. The Labute approximate surface area is 133 Å². The fourth-order valence-electron chi connectivity index (χ4n) is 2.08. The van der Waals surface area contributed by atoms with Crippen LogP contribution < -0.4 is 10.6 Å². The van der Waals surface area contributed by atoms with E-state index in [0.29, 0.717) is 0 Å². The Kier molecular flexibility index (Phi) is 5.57. The second-order valence-electron chi connectivity index (χ2n) is 4.99. The number of rotatable bonds is 6. The van der Waals surface area contributed by atoms with E-state index >= 15 is 0 Å². The van der Waals surface area contributed by atoms with Gasteiger partial charge < -0.3 is 10.6 Å². The number of anilines is 1. The molecule has 0 bridgehead atoms. The van der Waals surface area contributed by atoms with E-state index < -0.39 is 0 Å². The van der Waals surface area contributed by atoms with Gasteiger partial charge in [0.25, 0.3) is 0 Å². The van der Waals surface area contributed by atoms with Gasteiger partial charge in [0.1, 0.15) is 0 Å². The van der Waals surface area contributed by atoms with Crippen molar-refractivity contribution in [3.63, 3.8) is 0 Å². The lowest BCUT2D eigenvalue weighted by molar-refractivity contribution is 0.646. The molecule has 5 heteroatoms. The highest BCUT2D eigenvalue weighted by Crippen LogP contribution is 2.28. The predicted molar refractivity (Wildman–Crippen MR) is 90.3 cm³/mol. The molecule has 1 aromatic heterocycles. The van der Waals surface area contributed by atoms with E-state index in [4.69, 9.17) is 5.73 Å². The fourth-order valence-corrected chi connectivity index (χ4v) is 3.36. The van der Waals surface area contributed by atoms with Crippen LogP contribution in [0.1, 0.15) is 24.6 Å². The zero-order chi connectivity index (χ0) is 14.5. The van der Waals surface area contributed by atoms with Crippen LogP contribution in [0.5, 0.6) is 0 Å². The van der Waals surface area contributed by atoms with Gasteiger partial charge in [-0.25, -0.2) is 4.98 Å². The van der Waals surface area contributed by atoms with Crippen LogP contribution in [-0.2, 0) is 13.0 Å². The first-order chi connectivity index (χ1) is 9.60. The summed E-state index contributed by atoms with van der Waals surface area (Å²) in [5.74, 6) is 0. The Bertz CT molecular complexity index is 542. The molecule has 0 saturated heterocycles. The summed E-state index contributed by atoms with van der Waals surface area (Å²) in [5.41, 5.74) is 11.4. The molecule has 3 nitrogen and oxygen atoms in total. The first-order valence-electron chi connectivity index (χ1n) is 6.72. The highest BCUT2D eigenvalue weighted by Gasteiger charge is 2.09. The number of nitrogens with two attached hydrogens (primary N) is 1. The van der Waals surface area contributed by atoms with Crippen molar-refractivity contribution < 1.29 is 0 Å². The molecule has 1 heterocycles. The third-order valence-corrected chi connectivity index (χ3v) is 4.60. The zero-order valence-electron chi connectivity index (χ0n) is 11.8. The summed E-state index contributed by atoms with van der Waals surface area (Å²) in [6.07, 6.45) is 1.92. The summed E-state index contributed by atoms with van der Waals surface area (Å²) in [6.45, 7) is 2.94. The molecule has 0 fully saturated rings. The van der Waals surface area contributed by atoms with Crippen LogP contribution in [-0.4, -0.2) is 18.1 Å². The maximum absolute atomic E-state index is 6.01. The van der Waals surface area contributed by atoms with E-state index in [-0.39, 0.29) is 6.04 Å². The van der Waals surface area contributed by atoms with E-state index in [1.54, 1.807) is 11.3 Å². The van der Waals surface area contributed by atoms with E-state index in [2.05, 4.69) is 63.4 Å². The van der Waals surface area contributed by atoms with Crippen LogP contribution in [0.3, 0.4) is 0 Å². The second-order valence-corrected chi connectivity index (χ2v) is 6.57. The maximum atomic E-state index is 6.01. The number of thiazole rings is 1. The quantitative estimate of drug-likeness (QED) is 0.858. The van der Waals surface area contributed by atoms with E-state index in [9.17, 15) is 0 Å². The largest absolute Gasteiger partial charge is 0.368 e. The van der Waals surface area contributed by atoms with Gasteiger partial charge in [-0.2, -0.15) is 0 Å². The SMILES string of the molecule is CCC(N)Cc1ccc(N(C)Cc2cscn2)c(Br)c1. The minimum absolute atomic E-state index is 0.237. The molecule has 20 heavy (non-hydrogen) atoms. The number of benzene rings is 1. The normalized spacial score (nSPS) is 12.4. The molecule has 108 valence electrons.